The summed E-state index contributed by atoms with van der Waals surface area (Å²) < 4.78 is 6.80. The van der Waals surface area contributed by atoms with Crippen molar-refractivity contribution in [3.63, 3.8) is 0 Å². The molecular formula is C17H16BrNO. The van der Waals surface area contributed by atoms with E-state index >= 15 is 0 Å². The second-order valence-electron chi connectivity index (χ2n) is 5.58. The number of benzene rings is 2. The molecule has 0 atom stereocenters. The fourth-order valence-electron chi connectivity index (χ4n) is 1.99. The zero-order chi connectivity index (χ0) is 14.8. The van der Waals surface area contributed by atoms with E-state index in [9.17, 15) is 5.26 Å². The third-order valence-electron chi connectivity index (χ3n) is 2.99. The summed E-state index contributed by atoms with van der Waals surface area (Å²) in [7, 11) is 0. The molecule has 20 heavy (non-hydrogen) atoms. The van der Waals surface area contributed by atoms with Crippen molar-refractivity contribution >= 4 is 15.9 Å². The Labute approximate surface area is 128 Å². The third kappa shape index (κ3) is 3.02. The minimum atomic E-state index is -0.0232. The summed E-state index contributed by atoms with van der Waals surface area (Å²) in [6.45, 7) is 6.42. The van der Waals surface area contributed by atoms with Crippen molar-refractivity contribution < 1.29 is 4.74 Å². The van der Waals surface area contributed by atoms with E-state index in [1.807, 2.05) is 30.3 Å². The molecule has 0 aliphatic carbocycles. The van der Waals surface area contributed by atoms with Gasteiger partial charge < -0.3 is 4.74 Å². The van der Waals surface area contributed by atoms with Crippen molar-refractivity contribution in [2.24, 2.45) is 0 Å². The van der Waals surface area contributed by atoms with Gasteiger partial charge in [-0.25, -0.2) is 0 Å². The first-order valence-electron chi connectivity index (χ1n) is 6.39. The Hall–Kier alpha value is -1.79. The fraction of sp³-hybridized carbons (Fsp3) is 0.235. The molecule has 0 aromatic heterocycles. The Morgan fingerprint density at radius 3 is 2.40 bits per heavy atom. The molecule has 0 unspecified atom stereocenters. The average molecular weight is 330 g/mol. The summed E-state index contributed by atoms with van der Waals surface area (Å²) in [5.74, 6) is 1.34. The number of para-hydroxylation sites is 2. The van der Waals surface area contributed by atoms with Gasteiger partial charge in [0.15, 0.2) is 5.75 Å². The van der Waals surface area contributed by atoms with Crippen molar-refractivity contribution in [2.75, 3.05) is 0 Å². The van der Waals surface area contributed by atoms with E-state index in [1.165, 1.54) is 0 Å². The molecule has 0 fully saturated rings. The Morgan fingerprint density at radius 2 is 1.75 bits per heavy atom. The Kier molecular flexibility index (Phi) is 4.15. The number of nitrogens with zero attached hydrogens (tertiary/aromatic N) is 1. The molecular weight excluding hydrogens is 314 g/mol. The molecule has 0 aliphatic heterocycles. The highest BCUT2D eigenvalue weighted by Crippen LogP contribution is 2.37. The lowest BCUT2D eigenvalue weighted by Gasteiger charge is -2.23. The van der Waals surface area contributed by atoms with Gasteiger partial charge in [-0.15, -0.1) is 0 Å². The van der Waals surface area contributed by atoms with Gasteiger partial charge in [-0.3, -0.25) is 0 Å². The molecule has 2 aromatic carbocycles. The molecule has 3 heteroatoms. The summed E-state index contributed by atoms with van der Waals surface area (Å²) in [6, 6.07) is 15.5. The smallest absolute Gasteiger partial charge is 0.159 e. The maximum atomic E-state index is 9.20. The maximum absolute atomic E-state index is 9.20. The fourth-order valence-corrected chi connectivity index (χ4v) is 2.43. The van der Waals surface area contributed by atoms with Crippen LogP contribution in [0.4, 0.5) is 0 Å². The highest BCUT2D eigenvalue weighted by Gasteiger charge is 2.20. The summed E-state index contributed by atoms with van der Waals surface area (Å²) in [4.78, 5) is 0. The molecule has 0 saturated heterocycles. The van der Waals surface area contributed by atoms with Crippen LogP contribution in [0, 0.1) is 11.3 Å². The van der Waals surface area contributed by atoms with Gasteiger partial charge in [0.25, 0.3) is 0 Å². The van der Waals surface area contributed by atoms with Gasteiger partial charge in [0.2, 0.25) is 0 Å². The van der Waals surface area contributed by atoms with Crippen LogP contribution in [0.15, 0.2) is 46.9 Å². The minimum Gasteiger partial charge on any atom is -0.454 e. The molecule has 0 spiro atoms. The van der Waals surface area contributed by atoms with Crippen LogP contribution < -0.4 is 4.74 Å². The second-order valence-corrected chi connectivity index (χ2v) is 6.43. The van der Waals surface area contributed by atoms with Gasteiger partial charge in [0.1, 0.15) is 11.8 Å². The zero-order valence-corrected chi connectivity index (χ0v) is 13.4. The number of ether oxygens (including phenoxy) is 1. The molecule has 0 aliphatic rings. The quantitative estimate of drug-likeness (QED) is 0.737. The molecule has 0 radical (unpaired) electrons. The molecule has 0 saturated carbocycles. The van der Waals surface area contributed by atoms with E-state index in [-0.39, 0.29) is 5.41 Å². The molecule has 0 heterocycles. The van der Waals surface area contributed by atoms with Crippen LogP contribution in [0.2, 0.25) is 0 Å². The van der Waals surface area contributed by atoms with E-state index < -0.39 is 0 Å². The maximum Gasteiger partial charge on any atom is 0.159 e. The molecule has 102 valence electrons. The molecule has 0 amide bonds. The highest BCUT2D eigenvalue weighted by molar-refractivity contribution is 9.10. The van der Waals surface area contributed by atoms with E-state index in [4.69, 9.17) is 4.74 Å². The number of nitriles is 1. The Bertz CT molecular complexity index is 665. The topological polar surface area (TPSA) is 33.0 Å². The van der Waals surface area contributed by atoms with Gasteiger partial charge in [-0.2, -0.15) is 5.26 Å². The lowest BCUT2D eigenvalue weighted by molar-refractivity contribution is 0.452. The van der Waals surface area contributed by atoms with Crippen LogP contribution in [-0.4, -0.2) is 0 Å². The summed E-state index contributed by atoms with van der Waals surface area (Å²) in [6.07, 6.45) is 0. The molecule has 2 rings (SSSR count). The lowest BCUT2D eigenvalue weighted by Crippen LogP contribution is -2.12. The normalized spacial score (nSPS) is 10.9. The standard InChI is InChI=1S/C17H16BrNO/c1-17(2,3)13-8-4-5-10-15(13)20-16-12(11-19)7-6-9-14(16)18/h4-10H,1-3H3. The third-order valence-corrected chi connectivity index (χ3v) is 3.62. The predicted molar refractivity (Wildman–Crippen MR) is 84.1 cm³/mol. The largest absolute Gasteiger partial charge is 0.454 e. The monoisotopic (exact) mass is 329 g/mol. The SMILES string of the molecule is CC(C)(C)c1ccccc1Oc1c(Br)cccc1C#N. The summed E-state index contributed by atoms with van der Waals surface area (Å²) in [5.41, 5.74) is 1.60. The van der Waals surface area contributed by atoms with Crippen molar-refractivity contribution in [3.05, 3.63) is 58.1 Å². The van der Waals surface area contributed by atoms with E-state index in [0.717, 1.165) is 15.8 Å². The number of hydrogen-bond donors (Lipinski definition) is 0. The van der Waals surface area contributed by atoms with Gasteiger partial charge in [-0.05, 0) is 39.5 Å². The van der Waals surface area contributed by atoms with Gasteiger partial charge >= 0.3 is 0 Å². The first-order chi connectivity index (χ1) is 9.43. The predicted octanol–water partition coefficient (Wildman–Crippen LogP) is 5.41. The van der Waals surface area contributed by atoms with Crippen molar-refractivity contribution in [3.8, 4) is 17.6 Å². The zero-order valence-electron chi connectivity index (χ0n) is 11.8. The molecule has 0 N–H and O–H groups in total. The Balaban J connectivity index is 2.50. The van der Waals surface area contributed by atoms with Crippen LogP contribution in [-0.2, 0) is 5.41 Å². The number of hydrogen-bond acceptors (Lipinski definition) is 2. The lowest BCUT2D eigenvalue weighted by atomic mass is 9.86. The van der Waals surface area contributed by atoms with Gasteiger partial charge in [0.05, 0.1) is 10.0 Å². The van der Waals surface area contributed by atoms with Crippen LogP contribution >= 0.6 is 15.9 Å². The van der Waals surface area contributed by atoms with Crippen molar-refractivity contribution in [2.45, 2.75) is 26.2 Å². The van der Waals surface area contributed by atoms with Crippen LogP contribution in [0.3, 0.4) is 0 Å². The summed E-state index contributed by atoms with van der Waals surface area (Å²) >= 11 is 3.44. The minimum absolute atomic E-state index is 0.0232. The van der Waals surface area contributed by atoms with Gasteiger partial charge in [-0.1, -0.05) is 45.0 Å². The number of halogens is 1. The molecule has 0 bridgehead atoms. The first kappa shape index (κ1) is 14.6. The van der Waals surface area contributed by atoms with E-state index in [0.29, 0.717) is 11.3 Å². The Morgan fingerprint density at radius 1 is 1.05 bits per heavy atom. The second kappa shape index (κ2) is 5.68. The highest BCUT2D eigenvalue weighted by atomic mass is 79.9. The van der Waals surface area contributed by atoms with Crippen LogP contribution in [0.1, 0.15) is 31.9 Å². The van der Waals surface area contributed by atoms with E-state index in [2.05, 4.69) is 48.8 Å². The van der Waals surface area contributed by atoms with Crippen molar-refractivity contribution in [1.82, 2.24) is 0 Å². The van der Waals surface area contributed by atoms with Crippen LogP contribution in [0.25, 0.3) is 0 Å². The number of rotatable bonds is 2. The first-order valence-corrected chi connectivity index (χ1v) is 7.19. The molecule has 2 aromatic rings. The van der Waals surface area contributed by atoms with Crippen molar-refractivity contribution in [1.29, 1.82) is 5.26 Å². The average Bonchev–Trinajstić information content (AvgIpc) is 2.40. The van der Waals surface area contributed by atoms with Crippen LogP contribution in [0.5, 0.6) is 11.5 Å². The molecule has 2 nitrogen and oxygen atoms in total. The summed E-state index contributed by atoms with van der Waals surface area (Å²) in [5, 5.41) is 9.20. The van der Waals surface area contributed by atoms with E-state index in [1.54, 1.807) is 6.07 Å². The van der Waals surface area contributed by atoms with Gasteiger partial charge in [0, 0.05) is 5.56 Å².